The third-order valence-corrected chi connectivity index (χ3v) is 4.98. The largest absolute Gasteiger partial charge is 0.388 e. The molecule has 1 saturated heterocycles. The molecule has 0 radical (unpaired) electrons. The van der Waals surface area contributed by atoms with Crippen LogP contribution in [0.3, 0.4) is 0 Å². The molecule has 4 rings (SSSR count). The van der Waals surface area contributed by atoms with Crippen molar-refractivity contribution in [2.45, 2.75) is 25.4 Å². The molecule has 0 spiro atoms. The van der Waals surface area contributed by atoms with Crippen LogP contribution in [0.5, 0.6) is 0 Å². The highest BCUT2D eigenvalue weighted by molar-refractivity contribution is 6.30. The highest BCUT2D eigenvalue weighted by atomic mass is 35.5. The number of aromatic nitrogens is 1. The zero-order valence-corrected chi connectivity index (χ0v) is 13.6. The Morgan fingerprint density at radius 2 is 2.00 bits per heavy atom. The van der Waals surface area contributed by atoms with E-state index in [0.717, 1.165) is 48.3 Å². The Kier molecular flexibility index (Phi) is 3.93. The first-order chi connectivity index (χ1) is 11.2. The number of piperidine rings is 1. The van der Waals surface area contributed by atoms with Crippen LogP contribution in [-0.4, -0.2) is 23.2 Å². The monoisotopic (exact) mass is 326 g/mol. The van der Waals surface area contributed by atoms with Crippen molar-refractivity contribution in [3.8, 4) is 0 Å². The lowest BCUT2D eigenvalue weighted by Gasteiger charge is -2.22. The van der Waals surface area contributed by atoms with E-state index >= 15 is 0 Å². The van der Waals surface area contributed by atoms with Crippen LogP contribution in [0.4, 0.5) is 0 Å². The Labute approximate surface area is 141 Å². The fourth-order valence-electron chi connectivity index (χ4n) is 3.65. The predicted octanol–water partition coefficient (Wildman–Crippen LogP) is 3.51. The number of aliphatic hydroxyl groups excluding tert-OH is 1. The summed E-state index contributed by atoms with van der Waals surface area (Å²) in [6, 6.07) is 9.85. The SMILES string of the molecule is O[C@@H]1Cc2cccnc2C(=C2CCNCC2)c2ccc(Cl)cc21. The fourth-order valence-corrected chi connectivity index (χ4v) is 3.83. The van der Waals surface area contributed by atoms with Crippen molar-refractivity contribution < 1.29 is 5.11 Å². The lowest BCUT2D eigenvalue weighted by Crippen LogP contribution is -2.24. The third-order valence-electron chi connectivity index (χ3n) is 4.74. The average molecular weight is 327 g/mol. The Hall–Kier alpha value is -1.68. The molecule has 1 aromatic heterocycles. The van der Waals surface area contributed by atoms with Crippen LogP contribution in [-0.2, 0) is 6.42 Å². The maximum Gasteiger partial charge on any atom is 0.0837 e. The van der Waals surface area contributed by atoms with Gasteiger partial charge in [0.05, 0.1) is 11.8 Å². The molecule has 1 fully saturated rings. The summed E-state index contributed by atoms with van der Waals surface area (Å²) in [4.78, 5) is 4.67. The molecule has 1 aliphatic carbocycles. The maximum atomic E-state index is 10.7. The Bertz CT molecular complexity index is 777. The summed E-state index contributed by atoms with van der Waals surface area (Å²) in [6.45, 7) is 1.99. The molecule has 0 amide bonds. The highest BCUT2D eigenvalue weighted by Crippen LogP contribution is 2.40. The minimum absolute atomic E-state index is 0.550. The van der Waals surface area contributed by atoms with Crippen molar-refractivity contribution in [2.75, 3.05) is 13.1 Å². The third kappa shape index (κ3) is 2.69. The van der Waals surface area contributed by atoms with Crippen molar-refractivity contribution in [2.24, 2.45) is 0 Å². The molecule has 2 heterocycles. The van der Waals surface area contributed by atoms with E-state index in [2.05, 4.69) is 16.4 Å². The van der Waals surface area contributed by atoms with E-state index in [1.807, 2.05) is 30.5 Å². The number of rotatable bonds is 0. The first kappa shape index (κ1) is 14.9. The molecule has 23 heavy (non-hydrogen) atoms. The number of pyridine rings is 1. The fraction of sp³-hybridized carbons (Fsp3) is 0.316. The molecule has 0 unspecified atom stereocenters. The van der Waals surface area contributed by atoms with Crippen LogP contribution in [0.1, 0.15) is 41.3 Å². The van der Waals surface area contributed by atoms with Crippen LogP contribution in [0.25, 0.3) is 5.57 Å². The van der Waals surface area contributed by atoms with Gasteiger partial charge in [-0.05, 0) is 60.8 Å². The molecular weight excluding hydrogens is 308 g/mol. The van der Waals surface area contributed by atoms with Crippen LogP contribution < -0.4 is 5.32 Å². The molecule has 4 heteroatoms. The van der Waals surface area contributed by atoms with Gasteiger partial charge in [-0.3, -0.25) is 4.98 Å². The number of hydrogen-bond acceptors (Lipinski definition) is 3. The van der Waals surface area contributed by atoms with Gasteiger partial charge in [-0.15, -0.1) is 0 Å². The Morgan fingerprint density at radius 3 is 2.83 bits per heavy atom. The zero-order valence-electron chi connectivity index (χ0n) is 12.8. The topological polar surface area (TPSA) is 45.2 Å². The molecule has 2 aromatic rings. The lowest BCUT2D eigenvalue weighted by molar-refractivity contribution is 0.178. The van der Waals surface area contributed by atoms with E-state index < -0.39 is 6.10 Å². The molecular formula is C19H19ClN2O. The van der Waals surface area contributed by atoms with Gasteiger partial charge in [0.15, 0.2) is 0 Å². The molecule has 118 valence electrons. The molecule has 3 nitrogen and oxygen atoms in total. The van der Waals surface area contributed by atoms with E-state index in [4.69, 9.17) is 11.6 Å². The minimum Gasteiger partial charge on any atom is -0.388 e. The van der Waals surface area contributed by atoms with Crippen LogP contribution >= 0.6 is 11.6 Å². The molecule has 1 aliphatic heterocycles. The lowest BCUT2D eigenvalue weighted by atomic mass is 9.89. The van der Waals surface area contributed by atoms with E-state index in [-0.39, 0.29) is 0 Å². The summed E-state index contributed by atoms with van der Waals surface area (Å²) in [5.74, 6) is 0. The number of hydrogen-bond donors (Lipinski definition) is 2. The van der Waals surface area contributed by atoms with Gasteiger partial charge in [0, 0.05) is 23.2 Å². The van der Waals surface area contributed by atoms with E-state index in [1.165, 1.54) is 11.1 Å². The van der Waals surface area contributed by atoms with Gasteiger partial charge in [-0.2, -0.15) is 0 Å². The number of aliphatic hydroxyl groups is 1. The summed E-state index contributed by atoms with van der Waals surface area (Å²) in [5.41, 5.74) is 6.73. The average Bonchev–Trinajstić information content (AvgIpc) is 2.70. The molecule has 2 aliphatic rings. The summed E-state index contributed by atoms with van der Waals surface area (Å²) in [5, 5.41) is 14.8. The first-order valence-electron chi connectivity index (χ1n) is 8.09. The van der Waals surface area contributed by atoms with Gasteiger partial charge in [-0.1, -0.05) is 29.3 Å². The van der Waals surface area contributed by atoms with Crippen LogP contribution in [0.15, 0.2) is 42.1 Å². The summed E-state index contributed by atoms with van der Waals surface area (Å²) in [6.07, 6.45) is 3.90. The molecule has 0 saturated carbocycles. The molecule has 2 N–H and O–H groups in total. The van der Waals surface area contributed by atoms with Crippen molar-refractivity contribution in [3.05, 3.63) is 69.5 Å². The van der Waals surface area contributed by atoms with Gasteiger partial charge in [0.1, 0.15) is 0 Å². The minimum atomic E-state index is -0.550. The number of nitrogens with zero attached hydrogens (tertiary/aromatic N) is 1. The highest BCUT2D eigenvalue weighted by Gasteiger charge is 2.27. The molecule has 0 bridgehead atoms. The zero-order chi connectivity index (χ0) is 15.8. The Morgan fingerprint density at radius 1 is 1.17 bits per heavy atom. The van der Waals surface area contributed by atoms with E-state index in [0.29, 0.717) is 11.4 Å². The Balaban J connectivity index is 2.01. The standard InChI is InChI=1S/C19H19ClN2O/c20-14-3-4-15-16(11-14)17(23)10-13-2-1-7-22-19(13)18(15)12-5-8-21-9-6-12/h1-4,7,11,17,21,23H,5-6,8-10H2/t17-/m1/s1. The second-order valence-electron chi connectivity index (χ2n) is 6.19. The quantitative estimate of drug-likeness (QED) is 0.778. The summed E-state index contributed by atoms with van der Waals surface area (Å²) >= 11 is 6.19. The second-order valence-corrected chi connectivity index (χ2v) is 6.63. The molecule has 1 atom stereocenters. The van der Waals surface area contributed by atoms with Crippen molar-refractivity contribution in [3.63, 3.8) is 0 Å². The van der Waals surface area contributed by atoms with Gasteiger partial charge in [-0.25, -0.2) is 0 Å². The summed E-state index contributed by atoms with van der Waals surface area (Å²) < 4.78 is 0. The normalized spacial score (nSPS) is 20.7. The second kappa shape index (κ2) is 6.08. The number of nitrogens with one attached hydrogen (secondary N) is 1. The van der Waals surface area contributed by atoms with Gasteiger partial charge < -0.3 is 10.4 Å². The van der Waals surface area contributed by atoms with Crippen molar-refractivity contribution in [1.82, 2.24) is 10.3 Å². The van der Waals surface area contributed by atoms with Crippen LogP contribution in [0, 0.1) is 0 Å². The van der Waals surface area contributed by atoms with Crippen molar-refractivity contribution >= 4 is 17.2 Å². The van der Waals surface area contributed by atoms with Gasteiger partial charge in [0.25, 0.3) is 0 Å². The predicted molar refractivity (Wildman–Crippen MR) is 92.5 cm³/mol. The number of halogens is 1. The molecule has 1 aromatic carbocycles. The van der Waals surface area contributed by atoms with Gasteiger partial charge >= 0.3 is 0 Å². The van der Waals surface area contributed by atoms with Crippen LogP contribution in [0.2, 0.25) is 5.02 Å². The number of benzene rings is 1. The smallest absolute Gasteiger partial charge is 0.0837 e. The van der Waals surface area contributed by atoms with Gasteiger partial charge in [0.2, 0.25) is 0 Å². The first-order valence-corrected chi connectivity index (χ1v) is 8.47. The van der Waals surface area contributed by atoms with E-state index in [9.17, 15) is 5.11 Å². The van der Waals surface area contributed by atoms with E-state index in [1.54, 1.807) is 0 Å². The number of fused-ring (bicyclic) bond motifs is 2. The maximum absolute atomic E-state index is 10.7. The summed E-state index contributed by atoms with van der Waals surface area (Å²) in [7, 11) is 0. The van der Waals surface area contributed by atoms with Crippen molar-refractivity contribution in [1.29, 1.82) is 0 Å².